The minimum absolute atomic E-state index is 0. The lowest BCUT2D eigenvalue weighted by Crippen LogP contribution is -2.53. The highest BCUT2D eigenvalue weighted by Gasteiger charge is 2.28. The first-order chi connectivity index (χ1) is 10.2. The molecule has 8 heteroatoms. The van der Waals surface area contributed by atoms with Crippen molar-refractivity contribution in [3.63, 3.8) is 0 Å². The van der Waals surface area contributed by atoms with Crippen LogP contribution in [0.4, 0.5) is 5.69 Å². The van der Waals surface area contributed by atoms with E-state index in [4.69, 9.17) is 4.74 Å². The molecule has 2 heterocycles. The van der Waals surface area contributed by atoms with Crippen molar-refractivity contribution in [2.75, 3.05) is 37.7 Å². The number of rotatable bonds is 3. The van der Waals surface area contributed by atoms with Gasteiger partial charge in [0.05, 0.1) is 18.9 Å². The molecule has 0 aromatic heterocycles. The van der Waals surface area contributed by atoms with Gasteiger partial charge in [-0.15, -0.1) is 24.8 Å². The predicted molar refractivity (Wildman–Crippen MR) is 100 cm³/mol. The van der Waals surface area contributed by atoms with Crippen LogP contribution in [0.15, 0.2) is 28.7 Å². The second kappa shape index (κ2) is 9.69. The Hall–Kier alpha value is -0.530. The first kappa shape index (κ1) is 20.5. The SMILES string of the molecule is Cl.Cl.O=C(NC1CCN(c2ccccc2Br)C1)C1COCCN1. The summed E-state index contributed by atoms with van der Waals surface area (Å²) in [5.74, 6) is 0.0497. The van der Waals surface area contributed by atoms with E-state index in [9.17, 15) is 4.79 Å². The molecule has 1 aromatic rings. The Balaban J connectivity index is 0.00000132. The van der Waals surface area contributed by atoms with Crippen LogP contribution in [0.25, 0.3) is 0 Å². The molecular formula is C15H22BrCl2N3O2. The van der Waals surface area contributed by atoms with Crippen LogP contribution in [0.5, 0.6) is 0 Å². The molecule has 2 aliphatic heterocycles. The van der Waals surface area contributed by atoms with Gasteiger partial charge < -0.3 is 20.3 Å². The summed E-state index contributed by atoms with van der Waals surface area (Å²) in [5, 5.41) is 6.32. The van der Waals surface area contributed by atoms with E-state index in [1.807, 2.05) is 18.2 Å². The smallest absolute Gasteiger partial charge is 0.239 e. The van der Waals surface area contributed by atoms with Crippen molar-refractivity contribution in [3.8, 4) is 0 Å². The summed E-state index contributed by atoms with van der Waals surface area (Å²) in [4.78, 5) is 14.5. The number of nitrogens with zero attached hydrogens (tertiary/aromatic N) is 1. The quantitative estimate of drug-likeness (QED) is 0.775. The Morgan fingerprint density at radius 1 is 1.35 bits per heavy atom. The van der Waals surface area contributed by atoms with E-state index in [2.05, 4.69) is 37.5 Å². The van der Waals surface area contributed by atoms with Gasteiger partial charge in [-0.1, -0.05) is 12.1 Å². The third-order valence-corrected chi connectivity index (χ3v) is 4.64. The molecule has 0 bridgehead atoms. The number of anilines is 1. The average Bonchev–Trinajstić information content (AvgIpc) is 2.97. The number of morpholine rings is 1. The van der Waals surface area contributed by atoms with Crippen molar-refractivity contribution in [2.45, 2.75) is 18.5 Å². The number of nitrogens with one attached hydrogen (secondary N) is 2. The number of para-hydroxylation sites is 1. The zero-order valence-electron chi connectivity index (χ0n) is 12.7. The zero-order chi connectivity index (χ0) is 14.7. The maximum atomic E-state index is 12.2. The minimum atomic E-state index is -0.212. The molecule has 0 radical (unpaired) electrons. The Labute approximate surface area is 157 Å². The van der Waals surface area contributed by atoms with Crippen molar-refractivity contribution in [1.82, 2.24) is 10.6 Å². The first-order valence-corrected chi connectivity index (χ1v) is 8.14. The van der Waals surface area contributed by atoms with E-state index >= 15 is 0 Å². The number of hydrogen-bond acceptors (Lipinski definition) is 4. The van der Waals surface area contributed by atoms with Crippen molar-refractivity contribution in [2.24, 2.45) is 0 Å². The first-order valence-electron chi connectivity index (χ1n) is 7.35. The van der Waals surface area contributed by atoms with Gasteiger partial charge in [0.2, 0.25) is 5.91 Å². The number of amides is 1. The summed E-state index contributed by atoms with van der Waals surface area (Å²) >= 11 is 3.58. The molecule has 2 atom stereocenters. The highest BCUT2D eigenvalue weighted by atomic mass is 79.9. The van der Waals surface area contributed by atoms with Gasteiger partial charge in [-0.2, -0.15) is 0 Å². The number of ether oxygens (including phenoxy) is 1. The highest BCUT2D eigenvalue weighted by Crippen LogP contribution is 2.28. The van der Waals surface area contributed by atoms with E-state index in [-0.39, 0.29) is 42.8 Å². The van der Waals surface area contributed by atoms with Crippen LogP contribution in [-0.2, 0) is 9.53 Å². The standard InChI is InChI=1S/C15H20BrN3O2.2ClH/c16-12-3-1-2-4-14(12)19-7-5-11(9-19)18-15(20)13-10-21-8-6-17-13;;/h1-4,11,13,17H,5-10H2,(H,18,20);2*1H. The molecule has 2 unspecified atom stereocenters. The van der Waals surface area contributed by atoms with Gasteiger partial charge in [-0.05, 0) is 34.5 Å². The van der Waals surface area contributed by atoms with Crippen LogP contribution >= 0.6 is 40.7 Å². The van der Waals surface area contributed by atoms with Crippen LogP contribution in [0, 0.1) is 0 Å². The molecule has 0 aliphatic carbocycles. The van der Waals surface area contributed by atoms with Crippen LogP contribution in [0.1, 0.15) is 6.42 Å². The molecule has 5 nitrogen and oxygen atoms in total. The molecule has 1 amide bonds. The maximum absolute atomic E-state index is 12.2. The molecule has 1 aromatic carbocycles. The fourth-order valence-electron chi connectivity index (χ4n) is 2.84. The number of halogens is 3. The Bertz CT molecular complexity index is 515. The molecule has 2 saturated heterocycles. The molecule has 0 saturated carbocycles. The van der Waals surface area contributed by atoms with Gasteiger partial charge in [-0.3, -0.25) is 4.79 Å². The lowest BCUT2D eigenvalue weighted by atomic mass is 10.2. The van der Waals surface area contributed by atoms with Crippen molar-refractivity contribution in [1.29, 1.82) is 0 Å². The monoisotopic (exact) mass is 425 g/mol. The van der Waals surface area contributed by atoms with Crippen molar-refractivity contribution >= 4 is 52.3 Å². The maximum Gasteiger partial charge on any atom is 0.239 e. The van der Waals surface area contributed by atoms with E-state index in [1.165, 1.54) is 5.69 Å². The van der Waals surface area contributed by atoms with Crippen molar-refractivity contribution in [3.05, 3.63) is 28.7 Å². The molecule has 2 N–H and O–H groups in total. The fourth-order valence-corrected chi connectivity index (χ4v) is 3.38. The third kappa shape index (κ3) is 5.22. The van der Waals surface area contributed by atoms with Crippen LogP contribution in [-0.4, -0.2) is 50.8 Å². The summed E-state index contributed by atoms with van der Waals surface area (Å²) in [6, 6.07) is 8.19. The van der Waals surface area contributed by atoms with Gasteiger partial charge in [0, 0.05) is 30.1 Å². The fraction of sp³-hybridized carbons (Fsp3) is 0.533. The van der Waals surface area contributed by atoms with Crippen LogP contribution in [0.2, 0.25) is 0 Å². The number of hydrogen-bond donors (Lipinski definition) is 2. The van der Waals surface area contributed by atoms with E-state index in [0.717, 1.165) is 30.5 Å². The summed E-state index contributed by atoms with van der Waals surface area (Å²) in [6.45, 7) is 3.70. The lowest BCUT2D eigenvalue weighted by molar-refractivity contribution is -0.126. The molecular weight excluding hydrogens is 405 g/mol. The zero-order valence-corrected chi connectivity index (χ0v) is 15.9. The average molecular weight is 427 g/mol. The Morgan fingerprint density at radius 3 is 2.83 bits per heavy atom. The van der Waals surface area contributed by atoms with Gasteiger partial charge >= 0.3 is 0 Å². The molecule has 0 spiro atoms. The van der Waals surface area contributed by atoms with E-state index in [1.54, 1.807) is 0 Å². The molecule has 3 rings (SSSR count). The minimum Gasteiger partial charge on any atom is -0.378 e. The summed E-state index contributed by atoms with van der Waals surface area (Å²) in [7, 11) is 0. The Kier molecular flexibility index (Phi) is 8.64. The normalized spacial score (nSPS) is 23.6. The molecule has 2 fully saturated rings. The van der Waals surface area contributed by atoms with Crippen LogP contribution in [0.3, 0.4) is 0 Å². The second-order valence-electron chi connectivity index (χ2n) is 5.47. The largest absolute Gasteiger partial charge is 0.378 e. The predicted octanol–water partition coefficient (Wildman–Crippen LogP) is 1.98. The van der Waals surface area contributed by atoms with Crippen molar-refractivity contribution < 1.29 is 9.53 Å². The summed E-state index contributed by atoms with van der Waals surface area (Å²) in [6.07, 6.45) is 0.973. The highest BCUT2D eigenvalue weighted by molar-refractivity contribution is 9.10. The van der Waals surface area contributed by atoms with Gasteiger partial charge in [-0.25, -0.2) is 0 Å². The van der Waals surface area contributed by atoms with Gasteiger partial charge in [0.15, 0.2) is 0 Å². The number of carbonyl (C=O) groups excluding carboxylic acids is 1. The van der Waals surface area contributed by atoms with E-state index in [0.29, 0.717) is 13.2 Å². The molecule has 130 valence electrons. The van der Waals surface area contributed by atoms with Gasteiger partial charge in [0.25, 0.3) is 0 Å². The number of benzene rings is 1. The topological polar surface area (TPSA) is 53.6 Å². The summed E-state index contributed by atoms with van der Waals surface area (Å²) < 4.78 is 6.43. The van der Waals surface area contributed by atoms with Gasteiger partial charge in [0.1, 0.15) is 6.04 Å². The third-order valence-electron chi connectivity index (χ3n) is 3.97. The molecule has 23 heavy (non-hydrogen) atoms. The van der Waals surface area contributed by atoms with Crippen LogP contribution < -0.4 is 15.5 Å². The lowest BCUT2D eigenvalue weighted by Gasteiger charge is -2.25. The second-order valence-corrected chi connectivity index (χ2v) is 6.33. The molecule has 2 aliphatic rings. The number of carbonyl (C=O) groups is 1. The van der Waals surface area contributed by atoms with E-state index < -0.39 is 0 Å². The Morgan fingerprint density at radius 2 is 2.13 bits per heavy atom. The summed E-state index contributed by atoms with van der Waals surface area (Å²) in [5.41, 5.74) is 1.19.